The van der Waals surface area contributed by atoms with Gasteiger partial charge in [-0.3, -0.25) is 10.1 Å². The number of hydrogen-bond donors (Lipinski definition) is 2. The molecular weight excluding hydrogens is 366 g/mol. The van der Waals surface area contributed by atoms with E-state index in [9.17, 15) is 10.1 Å². The lowest BCUT2D eigenvalue weighted by molar-refractivity contribution is -0.121. The lowest BCUT2D eigenvalue weighted by Crippen LogP contribution is -2.51. The van der Waals surface area contributed by atoms with E-state index in [0.717, 1.165) is 16.9 Å². The molecule has 0 fully saturated rings. The highest BCUT2D eigenvalue weighted by molar-refractivity contribution is 7.10. The van der Waals surface area contributed by atoms with Gasteiger partial charge in [-0.2, -0.15) is 5.26 Å². The quantitative estimate of drug-likeness (QED) is 0.626. The van der Waals surface area contributed by atoms with Crippen LogP contribution in [0.1, 0.15) is 69.0 Å². The maximum atomic E-state index is 12.5. The van der Waals surface area contributed by atoms with Crippen molar-refractivity contribution in [2.75, 3.05) is 6.54 Å². The molecule has 0 spiro atoms. The Hall–Kier alpha value is -2.16. The Morgan fingerprint density at radius 2 is 1.82 bits per heavy atom. The number of benzene rings is 1. The minimum Gasteiger partial charge on any atom is -0.337 e. The Morgan fingerprint density at radius 1 is 1.18 bits per heavy atom. The van der Waals surface area contributed by atoms with Crippen molar-refractivity contribution in [3.8, 4) is 6.07 Å². The Morgan fingerprint density at radius 3 is 2.32 bits per heavy atom. The number of thiophene rings is 1. The van der Waals surface area contributed by atoms with Gasteiger partial charge in [-0.25, -0.2) is 0 Å². The average molecular weight is 398 g/mol. The van der Waals surface area contributed by atoms with E-state index in [1.165, 1.54) is 5.56 Å². The zero-order chi connectivity index (χ0) is 20.7. The molecule has 0 aliphatic rings. The number of carbonyl (C=O) groups excluding carboxylic acids is 1. The summed E-state index contributed by atoms with van der Waals surface area (Å²) in [5.74, 6) is 0.394. The van der Waals surface area contributed by atoms with Crippen LogP contribution in [0.15, 0.2) is 41.8 Å². The van der Waals surface area contributed by atoms with Crippen molar-refractivity contribution in [2.24, 2.45) is 5.92 Å². The van der Waals surface area contributed by atoms with Crippen LogP contribution in [0.5, 0.6) is 0 Å². The van der Waals surface area contributed by atoms with Gasteiger partial charge in [0.25, 0.3) is 0 Å². The van der Waals surface area contributed by atoms with Crippen LogP contribution in [0.4, 0.5) is 0 Å². The molecule has 1 aromatic heterocycles. The van der Waals surface area contributed by atoms with Crippen LogP contribution in [0.3, 0.4) is 0 Å². The standard InChI is InChI=1S/C23H31N3OS/c1-6-17(4)18-9-11-19(12-10-18)22(20-8-7-13-28-20)25-14-21(27)26-23(5,15-24)16(2)3/h7-13,16-17,22,25H,6,14H2,1-5H3,(H,26,27)/t17-,22-,23+/m1/s1. The topological polar surface area (TPSA) is 64.9 Å². The van der Waals surface area contributed by atoms with Crippen molar-refractivity contribution in [3.05, 3.63) is 57.8 Å². The first-order chi connectivity index (χ1) is 13.3. The number of nitriles is 1. The fourth-order valence-corrected chi connectivity index (χ4v) is 3.75. The van der Waals surface area contributed by atoms with E-state index in [2.05, 4.69) is 60.9 Å². The highest BCUT2D eigenvalue weighted by atomic mass is 32.1. The van der Waals surface area contributed by atoms with Gasteiger partial charge in [0.15, 0.2) is 0 Å². The Kier molecular flexibility index (Phi) is 7.79. The molecule has 2 aromatic rings. The summed E-state index contributed by atoms with van der Waals surface area (Å²) in [5, 5.41) is 17.7. The molecule has 5 heteroatoms. The van der Waals surface area contributed by atoms with E-state index >= 15 is 0 Å². The molecule has 28 heavy (non-hydrogen) atoms. The first-order valence-corrected chi connectivity index (χ1v) is 10.8. The van der Waals surface area contributed by atoms with Gasteiger partial charge < -0.3 is 5.32 Å². The summed E-state index contributed by atoms with van der Waals surface area (Å²) >= 11 is 1.67. The maximum Gasteiger partial charge on any atom is 0.235 e. The van der Waals surface area contributed by atoms with Gasteiger partial charge in [-0.15, -0.1) is 11.3 Å². The molecule has 1 aromatic carbocycles. The van der Waals surface area contributed by atoms with Gasteiger partial charge in [0.2, 0.25) is 5.91 Å². The fourth-order valence-electron chi connectivity index (χ4n) is 2.92. The summed E-state index contributed by atoms with van der Waals surface area (Å²) in [6, 6.07) is 14.9. The van der Waals surface area contributed by atoms with Crippen molar-refractivity contribution in [1.29, 1.82) is 5.26 Å². The van der Waals surface area contributed by atoms with Crippen LogP contribution in [0.2, 0.25) is 0 Å². The number of nitrogens with one attached hydrogen (secondary N) is 2. The second-order valence-electron chi connectivity index (χ2n) is 7.82. The van der Waals surface area contributed by atoms with E-state index in [0.29, 0.717) is 5.92 Å². The van der Waals surface area contributed by atoms with Crippen molar-refractivity contribution >= 4 is 17.2 Å². The molecule has 0 saturated carbocycles. The zero-order valence-electron chi connectivity index (χ0n) is 17.5. The minimum absolute atomic E-state index is 0.0302. The molecule has 0 aliphatic carbocycles. The molecule has 2 rings (SSSR count). The molecule has 4 nitrogen and oxygen atoms in total. The molecule has 0 unspecified atom stereocenters. The van der Waals surface area contributed by atoms with Crippen LogP contribution < -0.4 is 10.6 Å². The van der Waals surface area contributed by atoms with Gasteiger partial charge in [0.1, 0.15) is 5.54 Å². The summed E-state index contributed by atoms with van der Waals surface area (Å²) in [7, 11) is 0. The van der Waals surface area contributed by atoms with Crippen molar-refractivity contribution in [3.63, 3.8) is 0 Å². The van der Waals surface area contributed by atoms with Crippen LogP contribution >= 0.6 is 11.3 Å². The van der Waals surface area contributed by atoms with E-state index in [1.807, 2.05) is 25.3 Å². The molecule has 0 aliphatic heterocycles. The van der Waals surface area contributed by atoms with E-state index < -0.39 is 5.54 Å². The third-order valence-corrected chi connectivity index (χ3v) is 6.47. The third kappa shape index (κ3) is 5.43. The first kappa shape index (κ1) is 22.1. The van der Waals surface area contributed by atoms with Gasteiger partial charge in [-0.05, 0) is 47.8 Å². The van der Waals surface area contributed by atoms with E-state index in [1.54, 1.807) is 18.3 Å². The summed E-state index contributed by atoms with van der Waals surface area (Å²) in [5.41, 5.74) is 1.60. The number of rotatable bonds is 9. The summed E-state index contributed by atoms with van der Waals surface area (Å²) in [4.78, 5) is 13.7. The molecule has 1 amide bonds. The van der Waals surface area contributed by atoms with Crippen LogP contribution in [0.25, 0.3) is 0 Å². The van der Waals surface area contributed by atoms with E-state index in [-0.39, 0.29) is 24.4 Å². The lowest BCUT2D eigenvalue weighted by Gasteiger charge is -2.28. The summed E-state index contributed by atoms with van der Waals surface area (Å²) in [6.45, 7) is 10.2. The SMILES string of the molecule is CC[C@@H](C)c1ccc([C@@H](NCC(=O)N[C@@](C)(C#N)C(C)C)c2cccs2)cc1. The monoisotopic (exact) mass is 397 g/mol. The highest BCUT2D eigenvalue weighted by Gasteiger charge is 2.30. The molecule has 3 atom stereocenters. The fraction of sp³-hybridized carbons (Fsp3) is 0.478. The normalized spacial score (nSPS) is 15.5. The molecule has 1 heterocycles. The maximum absolute atomic E-state index is 12.5. The van der Waals surface area contributed by atoms with Crippen molar-refractivity contribution in [1.82, 2.24) is 10.6 Å². The average Bonchev–Trinajstić information content (AvgIpc) is 3.22. The van der Waals surface area contributed by atoms with E-state index in [4.69, 9.17) is 0 Å². The largest absolute Gasteiger partial charge is 0.337 e. The number of amides is 1. The van der Waals surface area contributed by atoms with Crippen LogP contribution in [0, 0.1) is 17.2 Å². The smallest absolute Gasteiger partial charge is 0.235 e. The zero-order valence-corrected chi connectivity index (χ0v) is 18.3. The Bertz CT molecular complexity index is 792. The van der Waals surface area contributed by atoms with Gasteiger partial charge in [0, 0.05) is 4.88 Å². The van der Waals surface area contributed by atoms with Crippen molar-refractivity contribution in [2.45, 2.75) is 58.5 Å². The third-order valence-electron chi connectivity index (χ3n) is 5.53. The highest BCUT2D eigenvalue weighted by Crippen LogP contribution is 2.28. The Labute approximate surface area is 173 Å². The minimum atomic E-state index is -0.866. The van der Waals surface area contributed by atoms with Crippen LogP contribution in [-0.2, 0) is 4.79 Å². The number of hydrogen-bond acceptors (Lipinski definition) is 4. The van der Waals surface area contributed by atoms with Gasteiger partial charge in [0.05, 0.1) is 18.7 Å². The molecular formula is C23H31N3OS. The number of nitrogens with zero attached hydrogens (tertiary/aromatic N) is 1. The molecule has 2 N–H and O–H groups in total. The first-order valence-electron chi connectivity index (χ1n) is 9.89. The molecule has 0 bridgehead atoms. The Balaban J connectivity index is 2.13. The predicted octanol–water partition coefficient (Wildman–Crippen LogP) is 5.00. The summed E-state index contributed by atoms with van der Waals surface area (Å²) < 4.78 is 0. The molecule has 0 saturated heterocycles. The molecule has 150 valence electrons. The van der Waals surface area contributed by atoms with Crippen molar-refractivity contribution < 1.29 is 4.79 Å². The number of carbonyl (C=O) groups is 1. The summed E-state index contributed by atoms with van der Waals surface area (Å²) in [6.07, 6.45) is 1.11. The predicted molar refractivity (Wildman–Crippen MR) is 116 cm³/mol. The second-order valence-corrected chi connectivity index (χ2v) is 8.80. The van der Waals surface area contributed by atoms with Gasteiger partial charge in [-0.1, -0.05) is 58.0 Å². The second kappa shape index (κ2) is 9.86. The lowest BCUT2D eigenvalue weighted by atomic mass is 9.90. The molecule has 0 radical (unpaired) electrons. The van der Waals surface area contributed by atoms with Crippen LogP contribution in [-0.4, -0.2) is 18.0 Å². The van der Waals surface area contributed by atoms with Gasteiger partial charge >= 0.3 is 0 Å².